The first-order valence-electron chi connectivity index (χ1n) is 2.78. The summed E-state index contributed by atoms with van der Waals surface area (Å²) in [6.45, 7) is 3.51. The standard InChI is InChI=1S/C6H9NO3.3ClH/c1-4(8)7(5(2)9)6(3)10;;;/h1-3H3;3*1H. The van der Waals surface area contributed by atoms with Crippen molar-refractivity contribution in [2.75, 3.05) is 0 Å². The summed E-state index contributed by atoms with van der Waals surface area (Å²) in [5, 5.41) is 0. The maximum absolute atomic E-state index is 10.5. The van der Waals surface area contributed by atoms with E-state index in [-0.39, 0.29) is 37.2 Å². The third-order valence-corrected chi connectivity index (χ3v) is 0.945. The Morgan fingerprint density at radius 2 is 0.846 bits per heavy atom. The van der Waals surface area contributed by atoms with Crippen molar-refractivity contribution in [3.05, 3.63) is 0 Å². The number of halogens is 3. The van der Waals surface area contributed by atoms with Crippen molar-refractivity contribution < 1.29 is 14.4 Å². The lowest BCUT2D eigenvalue weighted by atomic mass is 10.4. The van der Waals surface area contributed by atoms with E-state index < -0.39 is 17.7 Å². The van der Waals surface area contributed by atoms with Gasteiger partial charge < -0.3 is 0 Å². The summed E-state index contributed by atoms with van der Waals surface area (Å²) in [6.07, 6.45) is 0. The number of hydrogen-bond acceptors (Lipinski definition) is 3. The van der Waals surface area contributed by atoms with Gasteiger partial charge in [0, 0.05) is 20.8 Å². The Bertz CT molecular complexity index is 162. The molecule has 0 aromatic heterocycles. The Labute approximate surface area is 95.3 Å². The Kier molecular flexibility index (Phi) is 17.2. The van der Waals surface area contributed by atoms with Gasteiger partial charge in [0.05, 0.1) is 0 Å². The van der Waals surface area contributed by atoms with Gasteiger partial charge in [0.2, 0.25) is 17.7 Å². The Morgan fingerprint density at radius 3 is 0.846 bits per heavy atom. The number of carbonyl (C=O) groups excluding carboxylic acids is 3. The molecule has 0 aliphatic carbocycles. The van der Waals surface area contributed by atoms with Gasteiger partial charge in [-0.15, -0.1) is 37.2 Å². The summed E-state index contributed by atoms with van der Waals surface area (Å²) in [5.74, 6) is -1.62. The molecule has 0 unspecified atom stereocenters. The van der Waals surface area contributed by atoms with Gasteiger partial charge in [0.15, 0.2) is 0 Å². The van der Waals surface area contributed by atoms with Gasteiger partial charge in [-0.1, -0.05) is 0 Å². The minimum Gasteiger partial charge on any atom is -0.274 e. The average molecular weight is 253 g/mol. The smallest absolute Gasteiger partial charge is 0.232 e. The van der Waals surface area contributed by atoms with E-state index >= 15 is 0 Å². The summed E-state index contributed by atoms with van der Waals surface area (Å²) in [7, 11) is 0. The van der Waals surface area contributed by atoms with Crippen molar-refractivity contribution in [2.45, 2.75) is 20.8 Å². The molecule has 0 N–H and O–H groups in total. The van der Waals surface area contributed by atoms with Crippen molar-refractivity contribution >= 4 is 54.9 Å². The lowest BCUT2D eigenvalue weighted by Gasteiger charge is -2.10. The number of nitrogens with zero attached hydrogens (tertiary/aromatic N) is 1. The summed E-state index contributed by atoms with van der Waals surface area (Å²) in [4.78, 5) is 32.1. The van der Waals surface area contributed by atoms with E-state index in [9.17, 15) is 14.4 Å². The molecule has 80 valence electrons. The van der Waals surface area contributed by atoms with E-state index in [0.29, 0.717) is 4.90 Å². The van der Waals surface area contributed by atoms with E-state index in [2.05, 4.69) is 0 Å². The maximum atomic E-state index is 10.5. The molecule has 4 nitrogen and oxygen atoms in total. The summed E-state index contributed by atoms with van der Waals surface area (Å²) in [6, 6.07) is 0. The second kappa shape index (κ2) is 9.77. The van der Waals surface area contributed by atoms with Crippen LogP contribution in [0, 0.1) is 0 Å². The quantitative estimate of drug-likeness (QED) is 0.651. The van der Waals surface area contributed by atoms with Crippen molar-refractivity contribution in [1.29, 1.82) is 0 Å². The maximum Gasteiger partial charge on any atom is 0.232 e. The molecule has 0 radical (unpaired) electrons. The lowest BCUT2D eigenvalue weighted by molar-refractivity contribution is -0.150. The van der Waals surface area contributed by atoms with Crippen LogP contribution in [-0.2, 0) is 14.4 Å². The highest BCUT2D eigenvalue weighted by Crippen LogP contribution is 1.90. The van der Waals surface area contributed by atoms with Gasteiger partial charge in [0.1, 0.15) is 0 Å². The number of amides is 3. The van der Waals surface area contributed by atoms with Crippen LogP contribution in [0.4, 0.5) is 0 Å². The zero-order valence-electron chi connectivity index (χ0n) is 7.40. The highest BCUT2D eigenvalue weighted by Gasteiger charge is 2.17. The van der Waals surface area contributed by atoms with Crippen molar-refractivity contribution in [3.8, 4) is 0 Å². The van der Waals surface area contributed by atoms with E-state index in [1.165, 1.54) is 20.8 Å². The monoisotopic (exact) mass is 251 g/mol. The highest BCUT2D eigenvalue weighted by atomic mass is 35.5. The number of rotatable bonds is 0. The van der Waals surface area contributed by atoms with Gasteiger partial charge in [-0.2, -0.15) is 0 Å². The normalized spacial score (nSPS) is 6.69. The number of imide groups is 3. The Balaban J connectivity index is -0.000000135. The Hall–Kier alpha value is -0.320. The van der Waals surface area contributed by atoms with Crippen LogP contribution in [0.15, 0.2) is 0 Å². The van der Waals surface area contributed by atoms with E-state index in [1.807, 2.05) is 0 Å². The minimum absolute atomic E-state index is 0. The molecule has 0 heterocycles. The minimum atomic E-state index is -0.542. The van der Waals surface area contributed by atoms with Crippen LogP contribution in [0.2, 0.25) is 0 Å². The van der Waals surface area contributed by atoms with Crippen molar-refractivity contribution in [1.82, 2.24) is 4.90 Å². The molecule has 3 amide bonds. The topological polar surface area (TPSA) is 54.5 Å². The van der Waals surface area contributed by atoms with E-state index in [1.54, 1.807) is 0 Å². The zero-order valence-corrected chi connectivity index (χ0v) is 9.85. The average Bonchev–Trinajstić information content (AvgIpc) is 1.59. The molecule has 13 heavy (non-hydrogen) atoms. The molecule has 0 saturated carbocycles. The second-order valence-electron chi connectivity index (χ2n) is 1.89. The van der Waals surface area contributed by atoms with Gasteiger partial charge >= 0.3 is 0 Å². The fourth-order valence-electron chi connectivity index (χ4n) is 0.665. The molecule has 0 aliphatic rings. The molecule has 0 atom stereocenters. The predicted molar refractivity (Wildman–Crippen MR) is 55.6 cm³/mol. The number of carbonyl (C=O) groups is 3. The van der Waals surface area contributed by atoms with E-state index in [0.717, 1.165) is 0 Å². The fraction of sp³-hybridized carbons (Fsp3) is 0.500. The predicted octanol–water partition coefficient (Wildman–Crippen LogP) is 1.19. The van der Waals surface area contributed by atoms with Gasteiger partial charge in [0.25, 0.3) is 0 Å². The SMILES string of the molecule is CC(=O)N(C(C)=O)C(C)=O.Cl.Cl.Cl. The molecule has 0 fully saturated rings. The molecular formula is C6H12Cl3NO3. The van der Waals surface area contributed by atoms with Crippen molar-refractivity contribution in [2.24, 2.45) is 0 Å². The van der Waals surface area contributed by atoms with E-state index in [4.69, 9.17) is 0 Å². The van der Waals surface area contributed by atoms with Gasteiger partial charge in [-0.05, 0) is 0 Å². The zero-order chi connectivity index (χ0) is 8.31. The molecule has 0 spiro atoms. The third-order valence-electron chi connectivity index (χ3n) is 0.945. The van der Waals surface area contributed by atoms with Crippen LogP contribution >= 0.6 is 37.2 Å². The first-order valence-corrected chi connectivity index (χ1v) is 2.78. The molecule has 0 saturated heterocycles. The molecule has 7 heteroatoms. The van der Waals surface area contributed by atoms with Crippen LogP contribution in [0.25, 0.3) is 0 Å². The largest absolute Gasteiger partial charge is 0.274 e. The van der Waals surface area contributed by atoms with Crippen LogP contribution in [-0.4, -0.2) is 22.6 Å². The van der Waals surface area contributed by atoms with Crippen molar-refractivity contribution in [3.63, 3.8) is 0 Å². The molecule has 0 bridgehead atoms. The van der Waals surface area contributed by atoms with Crippen LogP contribution < -0.4 is 0 Å². The molecular weight excluding hydrogens is 240 g/mol. The fourth-order valence-corrected chi connectivity index (χ4v) is 0.665. The lowest BCUT2D eigenvalue weighted by Crippen LogP contribution is -2.37. The molecule has 0 rings (SSSR count). The summed E-state index contributed by atoms with van der Waals surface area (Å²) in [5.41, 5.74) is 0. The highest BCUT2D eigenvalue weighted by molar-refractivity contribution is 6.08. The second-order valence-corrected chi connectivity index (χ2v) is 1.89. The summed E-state index contributed by atoms with van der Waals surface area (Å²) < 4.78 is 0. The molecule has 0 aromatic rings. The molecule has 0 aliphatic heterocycles. The van der Waals surface area contributed by atoms with Crippen LogP contribution in [0.5, 0.6) is 0 Å². The Morgan fingerprint density at radius 1 is 0.692 bits per heavy atom. The van der Waals surface area contributed by atoms with Crippen LogP contribution in [0.1, 0.15) is 20.8 Å². The molecule has 0 aromatic carbocycles. The summed E-state index contributed by atoms with van der Waals surface area (Å²) >= 11 is 0. The van der Waals surface area contributed by atoms with Gasteiger partial charge in [-0.3, -0.25) is 14.4 Å². The first kappa shape index (κ1) is 23.0. The van der Waals surface area contributed by atoms with Crippen LogP contribution in [0.3, 0.4) is 0 Å². The van der Waals surface area contributed by atoms with Gasteiger partial charge in [-0.25, -0.2) is 4.90 Å². The third kappa shape index (κ3) is 8.02. The number of hydrogen-bond donors (Lipinski definition) is 0. The first-order chi connectivity index (χ1) is 4.46.